The third-order valence-electron chi connectivity index (χ3n) is 2.53. The molecule has 0 aliphatic carbocycles. The molecule has 1 amide bonds. The molecular formula is C15H24N2O2. The van der Waals surface area contributed by atoms with Crippen LogP contribution in [0.4, 0.5) is 5.69 Å². The molecule has 0 aliphatic rings. The van der Waals surface area contributed by atoms with Crippen LogP contribution in [-0.2, 0) is 4.79 Å². The van der Waals surface area contributed by atoms with Gasteiger partial charge in [-0.15, -0.1) is 0 Å². The highest BCUT2D eigenvalue weighted by atomic mass is 16.5. The van der Waals surface area contributed by atoms with E-state index in [0.717, 1.165) is 17.9 Å². The lowest BCUT2D eigenvalue weighted by Crippen LogP contribution is -2.27. The Bertz CT molecular complexity index is 391. The number of hydrogen-bond donors (Lipinski definition) is 2. The van der Waals surface area contributed by atoms with Crippen molar-refractivity contribution in [2.75, 3.05) is 18.5 Å². The second-order valence-electron chi connectivity index (χ2n) is 4.75. The fourth-order valence-electron chi connectivity index (χ4n) is 1.59. The lowest BCUT2D eigenvalue weighted by Gasteiger charge is -2.12. The molecule has 106 valence electrons. The summed E-state index contributed by atoms with van der Waals surface area (Å²) in [5.41, 5.74) is 0.741. The lowest BCUT2D eigenvalue weighted by atomic mass is 10.2. The van der Waals surface area contributed by atoms with Crippen molar-refractivity contribution in [2.45, 2.75) is 39.7 Å². The summed E-state index contributed by atoms with van der Waals surface area (Å²) in [4.78, 5) is 11.8. The van der Waals surface area contributed by atoms with Gasteiger partial charge in [0, 0.05) is 19.0 Å². The van der Waals surface area contributed by atoms with Crippen molar-refractivity contribution in [1.29, 1.82) is 0 Å². The van der Waals surface area contributed by atoms with E-state index in [1.54, 1.807) is 0 Å². The van der Waals surface area contributed by atoms with E-state index in [9.17, 15) is 4.79 Å². The van der Waals surface area contributed by atoms with E-state index >= 15 is 0 Å². The largest absolute Gasteiger partial charge is 0.491 e. The molecule has 0 spiro atoms. The van der Waals surface area contributed by atoms with Crippen LogP contribution in [0.1, 0.15) is 33.6 Å². The Kier molecular flexibility index (Phi) is 6.97. The van der Waals surface area contributed by atoms with E-state index in [2.05, 4.69) is 31.4 Å². The van der Waals surface area contributed by atoms with Gasteiger partial charge in [-0.2, -0.15) is 0 Å². The Morgan fingerprint density at radius 1 is 1.32 bits per heavy atom. The van der Waals surface area contributed by atoms with Crippen LogP contribution in [0.15, 0.2) is 24.3 Å². The number of benzene rings is 1. The summed E-state index contributed by atoms with van der Waals surface area (Å²) < 4.78 is 5.60. The minimum absolute atomic E-state index is 0.000647. The predicted octanol–water partition coefficient (Wildman–Crippen LogP) is 2.80. The molecule has 0 atom stereocenters. The number of amides is 1. The number of anilines is 1. The Labute approximate surface area is 115 Å². The van der Waals surface area contributed by atoms with E-state index < -0.39 is 0 Å². The first kappa shape index (κ1) is 15.5. The minimum atomic E-state index is 0.000647. The number of ether oxygens (including phenoxy) is 1. The monoisotopic (exact) mass is 264 g/mol. The van der Waals surface area contributed by atoms with Gasteiger partial charge in [0.2, 0.25) is 5.91 Å². The number of hydrogen-bond acceptors (Lipinski definition) is 3. The molecule has 0 radical (unpaired) electrons. The average Bonchev–Trinajstić information content (AvgIpc) is 2.37. The molecule has 0 saturated heterocycles. The van der Waals surface area contributed by atoms with Crippen molar-refractivity contribution < 1.29 is 9.53 Å². The minimum Gasteiger partial charge on any atom is -0.491 e. The zero-order valence-corrected chi connectivity index (χ0v) is 12.0. The lowest BCUT2D eigenvalue weighted by molar-refractivity contribution is -0.116. The molecule has 2 N–H and O–H groups in total. The van der Waals surface area contributed by atoms with Gasteiger partial charge in [0.1, 0.15) is 5.75 Å². The smallest absolute Gasteiger partial charge is 0.225 e. The van der Waals surface area contributed by atoms with Gasteiger partial charge in [0.05, 0.1) is 12.3 Å². The average molecular weight is 264 g/mol. The van der Waals surface area contributed by atoms with Crippen LogP contribution in [0.25, 0.3) is 0 Å². The number of nitrogens with one attached hydrogen (secondary N) is 2. The van der Waals surface area contributed by atoms with E-state index in [0.29, 0.717) is 25.6 Å². The van der Waals surface area contributed by atoms with E-state index in [4.69, 9.17) is 4.74 Å². The highest BCUT2D eigenvalue weighted by molar-refractivity contribution is 5.92. The molecule has 0 saturated carbocycles. The van der Waals surface area contributed by atoms with Crippen molar-refractivity contribution in [3.05, 3.63) is 24.3 Å². The maximum absolute atomic E-state index is 11.8. The van der Waals surface area contributed by atoms with Crippen LogP contribution in [0.2, 0.25) is 0 Å². The standard InChI is InChI=1S/C15H24N2O2/c1-4-11-19-14-8-6-5-7-13(14)17-15(18)9-10-16-12(2)3/h5-8,12,16H,4,9-11H2,1-3H3,(H,17,18). The molecule has 4 nitrogen and oxygen atoms in total. The summed E-state index contributed by atoms with van der Waals surface area (Å²) in [6, 6.07) is 7.92. The molecule has 0 bridgehead atoms. The van der Waals surface area contributed by atoms with Gasteiger partial charge < -0.3 is 15.4 Å². The molecule has 0 aliphatic heterocycles. The van der Waals surface area contributed by atoms with Crippen molar-refractivity contribution in [3.63, 3.8) is 0 Å². The second-order valence-corrected chi connectivity index (χ2v) is 4.75. The normalized spacial score (nSPS) is 10.5. The molecule has 1 aromatic rings. The predicted molar refractivity (Wildman–Crippen MR) is 78.6 cm³/mol. The van der Waals surface area contributed by atoms with Crippen LogP contribution < -0.4 is 15.4 Å². The number of carbonyl (C=O) groups excluding carboxylic acids is 1. The van der Waals surface area contributed by atoms with Crippen LogP contribution in [0.5, 0.6) is 5.75 Å². The number of carbonyl (C=O) groups is 1. The Morgan fingerprint density at radius 3 is 2.74 bits per heavy atom. The molecule has 4 heteroatoms. The summed E-state index contributed by atoms with van der Waals surface area (Å²) in [7, 11) is 0. The van der Waals surface area contributed by atoms with Crippen LogP contribution in [0, 0.1) is 0 Å². The summed E-state index contributed by atoms with van der Waals surface area (Å²) in [5.74, 6) is 0.732. The maximum atomic E-state index is 11.8. The summed E-state index contributed by atoms with van der Waals surface area (Å²) in [6.45, 7) is 7.51. The molecule has 1 rings (SSSR count). The van der Waals surface area contributed by atoms with Gasteiger partial charge in [0.25, 0.3) is 0 Å². The zero-order valence-electron chi connectivity index (χ0n) is 12.0. The Balaban J connectivity index is 2.48. The molecule has 0 unspecified atom stereocenters. The highest BCUT2D eigenvalue weighted by Gasteiger charge is 2.07. The van der Waals surface area contributed by atoms with Crippen molar-refractivity contribution in [2.24, 2.45) is 0 Å². The molecule has 0 fully saturated rings. The van der Waals surface area contributed by atoms with Gasteiger partial charge in [0.15, 0.2) is 0 Å². The fourth-order valence-corrected chi connectivity index (χ4v) is 1.59. The van der Waals surface area contributed by atoms with Gasteiger partial charge >= 0.3 is 0 Å². The maximum Gasteiger partial charge on any atom is 0.225 e. The molecule has 1 aromatic carbocycles. The first-order valence-electron chi connectivity index (χ1n) is 6.88. The van der Waals surface area contributed by atoms with Crippen LogP contribution >= 0.6 is 0 Å². The van der Waals surface area contributed by atoms with E-state index in [-0.39, 0.29) is 5.91 Å². The SMILES string of the molecule is CCCOc1ccccc1NC(=O)CCNC(C)C. The number of para-hydroxylation sites is 2. The van der Waals surface area contributed by atoms with Gasteiger partial charge in [-0.3, -0.25) is 4.79 Å². The Hall–Kier alpha value is -1.55. The zero-order chi connectivity index (χ0) is 14.1. The molecular weight excluding hydrogens is 240 g/mol. The van der Waals surface area contributed by atoms with E-state index in [1.165, 1.54) is 0 Å². The summed E-state index contributed by atoms with van der Waals surface area (Å²) >= 11 is 0. The van der Waals surface area contributed by atoms with Gasteiger partial charge in [-0.1, -0.05) is 32.9 Å². The third kappa shape index (κ3) is 6.25. The van der Waals surface area contributed by atoms with Crippen molar-refractivity contribution in [1.82, 2.24) is 5.32 Å². The topological polar surface area (TPSA) is 50.4 Å². The highest BCUT2D eigenvalue weighted by Crippen LogP contribution is 2.23. The van der Waals surface area contributed by atoms with Gasteiger partial charge in [-0.05, 0) is 18.6 Å². The van der Waals surface area contributed by atoms with Gasteiger partial charge in [-0.25, -0.2) is 0 Å². The third-order valence-corrected chi connectivity index (χ3v) is 2.53. The summed E-state index contributed by atoms with van der Waals surface area (Å²) in [5, 5.41) is 6.11. The first-order valence-corrected chi connectivity index (χ1v) is 6.88. The van der Waals surface area contributed by atoms with Crippen molar-refractivity contribution in [3.8, 4) is 5.75 Å². The van der Waals surface area contributed by atoms with Crippen LogP contribution in [-0.4, -0.2) is 25.1 Å². The number of rotatable bonds is 8. The molecule has 19 heavy (non-hydrogen) atoms. The Morgan fingerprint density at radius 2 is 2.05 bits per heavy atom. The molecule has 0 aromatic heterocycles. The second kappa shape index (κ2) is 8.53. The van der Waals surface area contributed by atoms with Crippen molar-refractivity contribution >= 4 is 11.6 Å². The summed E-state index contributed by atoms with van der Waals surface area (Å²) in [6.07, 6.45) is 1.40. The fraction of sp³-hybridized carbons (Fsp3) is 0.533. The first-order chi connectivity index (χ1) is 9.13. The molecule has 0 heterocycles. The quantitative estimate of drug-likeness (QED) is 0.759. The van der Waals surface area contributed by atoms with E-state index in [1.807, 2.05) is 24.3 Å². The van der Waals surface area contributed by atoms with Crippen LogP contribution in [0.3, 0.4) is 0 Å².